The van der Waals surface area contributed by atoms with Gasteiger partial charge in [-0.3, -0.25) is 14.6 Å². The fraction of sp³-hybridized carbons (Fsp3) is 0.611. The number of aliphatic carboxylic acids is 1. The second kappa shape index (κ2) is 7.39. The van der Waals surface area contributed by atoms with E-state index >= 15 is 0 Å². The van der Waals surface area contributed by atoms with Crippen molar-refractivity contribution in [2.24, 2.45) is 11.1 Å². The third kappa shape index (κ3) is 4.10. The van der Waals surface area contributed by atoms with Crippen LogP contribution in [0.15, 0.2) is 24.5 Å². The number of pyridine rings is 1. The number of amides is 1. The van der Waals surface area contributed by atoms with Gasteiger partial charge in [0.2, 0.25) is 5.91 Å². The molecule has 2 aliphatic heterocycles. The van der Waals surface area contributed by atoms with Gasteiger partial charge in [0, 0.05) is 50.7 Å². The number of hydrogen-bond acceptors (Lipinski definition) is 5. The first-order valence-electron chi connectivity index (χ1n) is 8.90. The number of carbonyl (C=O) groups excluding carboxylic acids is 1. The minimum Gasteiger partial charge on any atom is -0.480 e. The molecule has 0 unspecified atom stereocenters. The lowest BCUT2D eigenvalue weighted by Gasteiger charge is -2.39. The zero-order valence-corrected chi connectivity index (χ0v) is 14.4. The van der Waals surface area contributed by atoms with E-state index in [0.717, 1.165) is 45.4 Å². The van der Waals surface area contributed by atoms with Crippen LogP contribution in [0.1, 0.15) is 32.1 Å². The van der Waals surface area contributed by atoms with E-state index in [2.05, 4.69) is 9.88 Å². The van der Waals surface area contributed by atoms with Gasteiger partial charge in [0.05, 0.1) is 0 Å². The SMILES string of the molecule is N[C@@H](CCC(=O)N1CCC2(CC1)CCN(c1ccncc1)C2)C(=O)O. The Kier molecular flexibility index (Phi) is 5.22. The molecule has 25 heavy (non-hydrogen) atoms. The molecular weight excluding hydrogens is 320 g/mol. The predicted octanol–water partition coefficient (Wildman–Crippen LogP) is 1.09. The van der Waals surface area contributed by atoms with Crippen LogP contribution in [0.3, 0.4) is 0 Å². The van der Waals surface area contributed by atoms with E-state index in [0.29, 0.717) is 0 Å². The molecule has 0 saturated carbocycles. The van der Waals surface area contributed by atoms with Gasteiger partial charge in [0.25, 0.3) is 0 Å². The fourth-order valence-corrected chi connectivity index (χ4v) is 3.91. The van der Waals surface area contributed by atoms with Gasteiger partial charge >= 0.3 is 5.97 Å². The molecule has 0 aromatic carbocycles. The molecule has 0 radical (unpaired) electrons. The second-order valence-corrected chi connectivity index (χ2v) is 7.24. The van der Waals surface area contributed by atoms with Gasteiger partial charge in [-0.15, -0.1) is 0 Å². The number of nitrogens with two attached hydrogens (primary N) is 1. The molecule has 7 heteroatoms. The maximum absolute atomic E-state index is 12.3. The zero-order valence-electron chi connectivity index (χ0n) is 14.4. The van der Waals surface area contributed by atoms with Crippen molar-refractivity contribution in [3.63, 3.8) is 0 Å². The first-order valence-corrected chi connectivity index (χ1v) is 8.90. The molecule has 136 valence electrons. The Labute approximate surface area is 147 Å². The quantitative estimate of drug-likeness (QED) is 0.828. The van der Waals surface area contributed by atoms with Gasteiger partial charge in [0.1, 0.15) is 6.04 Å². The van der Waals surface area contributed by atoms with E-state index in [1.165, 1.54) is 5.69 Å². The molecule has 2 fully saturated rings. The summed E-state index contributed by atoms with van der Waals surface area (Å²) in [5.41, 5.74) is 6.98. The van der Waals surface area contributed by atoms with Crippen LogP contribution in [-0.2, 0) is 9.59 Å². The van der Waals surface area contributed by atoms with E-state index in [1.807, 2.05) is 29.4 Å². The normalized spacial score (nSPS) is 20.7. The molecule has 1 atom stereocenters. The summed E-state index contributed by atoms with van der Waals surface area (Å²) in [7, 11) is 0. The molecule has 3 heterocycles. The van der Waals surface area contributed by atoms with Crippen molar-refractivity contribution >= 4 is 17.6 Å². The molecule has 1 spiro atoms. The Morgan fingerprint density at radius 3 is 2.48 bits per heavy atom. The molecule has 1 amide bonds. The Morgan fingerprint density at radius 1 is 1.20 bits per heavy atom. The Hall–Kier alpha value is -2.15. The van der Waals surface area contributed by atoms with Crippen LogP contribution < -0.4 is 10.6 Å². The van der Waals surface area contributed by atoms with E-state index in [9.17, 15) is 9.59 Å². The van der Waals surface area contributed by atoms with Crippen LogP contribution >= 0.6 is 0 Å². The fourth-order valence-electron chi connectivity index (χ4n) is 3.91. The molecule has 0 bridgehead atoms. The van der Waals surface area contributed by atoms with Crippen LogP contribution in [-0.4, -0.2) is 59.1 Å². The number of likely N-dealkylation sites (tertiary alicyclic amines) is 1. The number of nitrogens with zero attached hydrogens (tertiary/aromatic N) is 3. The molecule has 1 aromatic heterocycles. The van der Waals surface area contributed by atoms with Crippen LogP contribution in [0.4, 0.5) is 5.69 Å². The van der Waals surface area contributed by atoms with Crippen LogP contribution in [0, 0.1) is 5.41 Å². The van der Waals surface area contributed by atoms with Crippen LogP contribution in [0.5, 0.6) is 0 Å². The van der Waals surface area contributed by atoms with Crippen molar-refractivity contribution in [3.8, 4) is 0 Å². The lowest BCUT2D eigenvalue weighted by atomic mass is 9.77. The number of anilines is 1. The number of hydrogen-bond donors (Lipinski definition) is 2. The van der Waals surface area contributed by atoms with E-state index < -0.39 is 12.0 Å². The van der Waals surface area contributed by atoms with Crippen molar-refractivity contribution < 1.29 is 14.7 Å². The minimum absolute atomic E-state index is 0.0236. The number of aromatic nitrogens is 1. The van der Waals surface area contributed by atoms with Crippen molar-refractivity contribution in [3.05, 3.63) is 24.5 Å². The highest BCUT2D eigenvalue weighted by Crippen LogP contribution is 2.41. The minimum atomic E-state index is -1.05. The van der Waals surface area contributed by atoms with E-state index in [4.69, 9.17) is 10.8 Å². The predicted molar refractivity (Wildman–Crippen MR) is 94.2 cm³/mol. The number of rotatable bonds is 5. The number of carboxylic acid groups (broad SMARTS) is 1. The Balaban J connectivity index is 1.49. The molecule has 1 aromatic rings. The average molecular weight is 346 g/mol. The summed E-state index contributed by atoms with van der Waals surface area (Å²) in [5.74, 6) is -1.02. The highest BCUT2D eigenvalue weighted by atomic mass is 16.4. The van der Waals surface area contributed by atoms with Gasteiger partial charge in [-0.05, 0) is 43.2 Å². The molecule has 2 aliphatic rings. The third-order valence-electron chi connectivity index (χ3n) is 5.63. The summed E-state index contributed by atoms with van der Waals surface area (Å²) in [6.07, 6.45) is 7.22. The highest BCUT2D eigenvalue weighted by Gasteiger charge is 2.41. The maximum atomic E-state index is 12.3. The van der Waals surface area contributed by atoms with Crippen molar-refractivity contribution in [1.82, 2.24) is 9.88 Å². The smallest absolute Gasteiger partial charge is 0.320 e. The number of piperidine rings is 1. The Bertz CT molecular complexity index is 614. The van der Waals surface area contributed by atoms with Gasteiger partial charge in [-0.25, -0.2) is 0 Å². The van der Waals surface area contributed by atoms with Gasteiger partial charge in [-0.1, -0.05) is 0 Å². The maximum Gasteiger partial charge on any atom is 0.320 e. The average Bonchev–Trinajstić information content (AvgIpc) is 3.04. The Morgan fingerprint density at radius 2 is 1.84 bits per heavy atom. The summed E-state index contributed by atoms with van der Waals surface area (Å²) in [5, 5.41) is 8.80. The van der Waals surface area contributed by atoms with E-state index in [-0.39, 0.29) is 24.2 Å². The topological polar surface area (TPSA) is 99.8 Å². The van der Waals surface area contributed by atoms with Crippen molar-refractivity contribution in [2.45, 2.75) is 38.1 Å². The van der Waals surface area contributed by atoms with E-state index in [1.54, 1.807) is 0 Å². The van der Waals surface area contributed by atoms with Crippen molar-refractivity contribution in [1.29, 1.82) is 0 Å². The second-order valence-electron chi connectivity index (χ2n) is 7.24. The first-order chi connectivity index (χ1) is 12.0. The summed E-state index contributed by atoms with van der Waals surface area (Å²) in [6.45, 7) is 3.59. The summed E-state index contributed by atoms with van der Waals surface area (Å²) >= 11 is 0. The summed E-state index contributed by atoms with van der Waals surface area (Å²) in [4.78, 5) is 31.4. The largest absolute Gasteiger partial charge is 0.480 e. The summed E-state index contributed by atoms with van der Waals surface area (Å²) in [6, 6.07) is 3.14. The number of carboxylic acids is 1. The molecule has 0 aliphatic carbocycles. The van der Waals surface area contributed by atoms with Crippen LogP contribution in [0.2, 0.25) is 0 Å². The first kappa shape index (κ1) is 17.7. The van der Waals surface area contributed by atoms with Gasteiger partial charge in [-0.2, -0.15) is 0 Å². The zero-order chi connectivity index (χ0) is 17.9. The lowest BCUT2D eigenvalue weighted by molar-refractivity contribution is -0.139. The van der Waals surface area contributed by atoms with Crippen molar-refractivity contribution in [2.75, 3.05) is 31.1 Å². The molecule has 2 saturated heterocycles. The molecule has 7 nitrogen and oxygen atoms in total. The number of carbonyl (C=O) groups is 2. The summed E-state index contributed by atoms with van der Waals surface area (Å²) < 4.78 is 0. The van der Waals surface area contributed by atoms with Gasteiger partial charge < -0.3 is 20.6 Å². The standard InChI is InChI=1S/C18H26N4O3/c19-15(17(24)25)1-2-16(23)21-10-5-18(6-11-21)7-12-22(13-18)14-3-8-20-9-4-14/h3-4,8-9,15H,1-2,5-7,10-13,19H2,(H,24,25)/t15-/m0/s1. The third-order valence-corrected chi connectivity index (χ3v) is 5.63. The highest BCUT2D eigenvalue weighted by molar-refractivity contribution is 5.78. The monoisotopic (exact) mass is 346 g/mol. The molecular formula is C18H26N4O3. The van der Waals surface area contributed by atoms with Gasteiger partial charge in [0.15, 0.2) is 0 Å². The van der Waals surface area contributed by atoms with Crippen LogP contribution in [0.25, 0.3) is 0 Å². The lowest BCUT2D eigenvalue weighted by Crippen LogP contribution is -2.44. The molecule has 3 rings (SSSR count). The molecule has 3 N–H and O–H groups in total.